The Hall–Kier alpha value is -4.46. The highest BCUT2D eigenvalue weighted by atomic mass is 16.5. The number of para-hydroxylation sites is 1. The standard InChI is InChI=1S/C24H22N6O2/c1-17(16-25)23(27-18-7-4-3-5-8-18)24-21(31)11-14-30(28-24)20-10-9-19(15-22(20)32-2)29-13-6-12-26-29/h3-16,25,27H,1-2H3/b23-17-,25-16?. The highest BCUT2D eigenvalue weighted by Gasteiger charge is 2.15. The second kappa shape index (κ2) is 9.13. The normalized spacial score (nSPS) is 11.6. The topological polar surface area (TPSA) is 97.8 Å². The number of methoxy groups -OCH3 is 1. The van der Waals surface area contributed by atoms with E-state index in [0.29, 0.717) is 22.7 Å². The van der Waals surface area contributed by atoms with Gasteiger partial charge in [-0.1, -0.05) is 18.2 Å². The molecule has 2 aromatic heterocycles. The maximum atomic E-state index is 12.8. The van der Waals surface area contributed by atoms with Crippen molar-refractivity contribution in [1.29, 1.82) is 5.41 Å². The number of hydrogen-bond donors (Lipinski definition) is 2. The number of benzene rings is 2. The molecule has 0 unspecified atom stereocenters. The van der Waals surface area contributed by atoms with E-state index in [0.717, 1.165) is 11.4 Å². The van der Waals surface area contributed by atoms with E-state index in [1.807, 2.05) is 60.8 Å². The molecule has 4 rings (SSSR count). The number of anilines is 1. The van der Waals surface area contributed by atoms with Crippen LogP contribution in [0.3, 0.4) is 0 Å². The molecule has 0 saturated carbocycles. The van der Waals surface area contributed by atoms with Gasteiger partial charge in [-0.05, 0) is 42.8 Å². The van der Waals surface area contributed by atoms with Crippen molar-refractivity contribution in [2.75, 3.05) is 12.4 Å². The lowest BCUT2D eigenvalue weighted by Gasteiger charge is -2.16. The minimum absolute atomic E-state index is 0.204. The van der Waals surface area contributed by atoms with Gasteiger partial charge in [0.15, 0.2) is 5.69 Å². The lowest BCUT2D eigenvalue weighted by atomic mass is 10.1. The van der Waals surface area contributed by atoms with Crippen LogP contribution in [0, 0.1) is 5.41 Å². The van der Waals surface area contributed by atoms with E-state index in [2.05, 4.69) is 15.5 Å². The summed E-state index contributed by atoms with van der Waals surface area (Å²) in [7, 11) is 1.58. The van der Waals surface area contributed by atoms with Crippen molar-refractivity contribution in [3.63, 3.8) is 0 Å². The van der Waals surface area contributed by atoms with E-state index in [1.54, 1.807) is 35.8 Å². The lowest BCUT2D eigenvalue weighted by Crippen LogP contribution is -2.19. The Balaban J connectivity index is 1.80. The van der Waals surface area contributed by atoms with Crippen LogP contribution in [0.25, 0.3) is 17.1 Å². The summed E-state index contributed by atoms with van der Waals surface area (Å²) in [6.07, 6.45) is 6.34. The number of hydrogen-bond acceptors (Lipinski definition) is 6. The minimum Gasteiger partial charge on any atom is -0.494 e. The summed E-state index contributed by atoms with van der Waals surface area (Å²) >= 11 is 0. The van der Waals surface area contributed by atoms with Crippen molar-refractivity contribution in [3.8, 4) is 17.1 Å². The third kappa shape index (κ3) is 4.20. The summed E-state index contributed by atoms with van der Waals surface area (Å²) in [5, 5.41) is 19.8. The zero-order valence-corrected chi connectivity index (χ0v) is 17.7. The fraction of sp³-hybridized carbons (Fsp3) is 0.0833. The van der Waals surface area contributed by atoms with Gasteiger partial charge in [-0.15, -0.1) is 0 Å². The molecular formula is C24H22N6O2. The maximum absolute atomic E-state index is 12.8. The van der Waals surface area contributed by atoms with Crippen LogP contribution in [-0.4, -0.2) is 32.9 Å². The Morgan fingerprint density at radius 3 is 2.56 bits per heavy atom. The molecule has 0 aliphatic heterocycles. The third-order valence-corrected chi connectivity index (χ3v) is 4.88. The molecule has 0 fully saturated rings. The molecule has 0 radical (unpaired) electrons. The minimum atomic E-state index is -0.256. The largest absolute Gasteiger partial charge is 0.494 e. The fourth-order valence-corrected chi connectivity index (χ4v) is 3.22. The van der Waals surface area contributed by atoms with Gasteiger partial charge >= 0.3 is 0 Å². The van der Waals surface area contributed by atoms with Crippen molar-refractivity contribution in [1.82, 2.24) is 19.6 Å². The molecule has 0 atom stereocenters. The van der Waals surface area contributed by atoms with E-state index in [1.165, 1.54) is 12.3 Å². The summed E-state index contributed by atoms with van der Waals surface area (Å²) in [5.74, 6) is 0.574. The smallest absolute Gasteiger partial charge is 0.209 e. The number of aromatic nitrogens is 4. The molecule has 2 N–H and O–H groups in total. The molecule has 0 amide bonds. The molecule has 0 bridgehead atoms. The fourth-order valence-electron chi connectivity index (χ4n) is 3.22. The van der Waals surface area contributed by atoms with Gasteiger partial charge in [-0.3, -0.25) is 4.79 Å². The van der Waals surface area contributed by atoms with Crippen molar-refractivity contribution in [2.45, 2.75) is 6.92 Å². The SMILES string of the molecule is COc1cc(-n2cccn2)ccc1-n1ccc(=O)c(/C(Nc2ccccc2)=C(\C)C=N)n1. The third-order valence-electron chi connectivity index (χ3n) is 4.88. The molecular weight excluding hydrogens is 404 g/mol. The quantitative estimate of drug-likeness (QED) is 0.437. The average molecular weight is 426 g/mol. The molecule has 160 valence electrons. The van der Waals surface area contributed by atoms with Crippen LogP contribution in [0.2, 0.25) is 0 Å². The predicted octanol–water partition coefficient (Wildman–Crippen LogP) is 3.92. The molecule has 4 aromatic rings. The molecule has 0 aliphatic rings. The predicted molar refractivity (Wildman–Crippen MR) is 125 cm³/mol. The van der Waals surface area contributed by atoms with Crippen LogP contribution in [0.4, 0.5) is 5.69 Å². The number of nitrogens with one attached hydrogen (secondary N) is 2. The van der Waals surface area contributed by atoms with Crippen molar-refractivity contribution in [3.05, 3.63) is 101 Å². The van der Waals surface area contributed by atoms with Gasteiger partial charge in [-0.2, -0.15) is 10.2 Å². The van der Waals surface area contributed by atoms with E-state index in [9.17, 15) is 4.79 Å². The Morgan fingerprint density at radius 2 is 1.88 bits per heavy atom. The first-order chi connectivity index (χ1) is 15.6. The van der Waals surface area contributed by atoms with Crippen LogP contribution in [-0.2, 0) is 0 Å². The zero-order valence-electron chi connectivity index (χ0n) is 17.7. The molecule has 8 nitrogen and oxygen atoms in total. The Kier molecular flexibility index (Phi) is 5.94. The molecule has 2 aromatic carbocycles. The van der Waals surface area contributed by atoms with Crippen molar-refractivity contribution < 1.29 is 4.74 Å². The summed E-state index contributed by atoms with van der Waals surface area (Å²) in [6.45, 7) is 1.76. The van der Waals surface area contributed by atoms with Crippen LogP contribution in [0.15, 0.2) is 89.6 Å². The van der Waals surface area contributed by atoms with Gasteiger partial charge < -0.3 is 15.5 Å². The highest BCUT2D eigenvalue weighted by Crippen LogP contribution is 2.26. The first-order valence-electron chi connectivity index (χ1n) is 9.93. The van der Waals surface area contributed by atoms with E-state index in [-0.39, 0.29) is 11.1 Å². The van der Waals surface area contributed by atoms with Gasteiger partial charge in [0, 0.05) is 42.6 Å². The molecule has 0 saturated heterocycles. The van der Waals surface area contributed by atoms with Crippen LogP contribution < -0.4 is 15.5 Å². The number of allylic oxidation sites excluding steroid dienone is 1. The van der Waals surface area contributed by atoms with Gasteiger partial charge in [0.2, 0.25) is 5.43 Å². The van der Waals surface area contributed by atoms with Crippen LogP contribution >= 0.6 is 0 Å². The van der Waals surface area contributed by atoms with E-state index >= 15 is 0 Å². The zero-order chi connectivity index (χ0) is 22.5. The highest BCUT2D eigenvalue weighted by molar-refractivity contribution is 5.92. The molecule has 8 heteroatoms. The molecule has 32 heavy (non-hydrogen) atoms. The summed E-state index contributed by atoms with van der Waals surface area (Å²) in [5.41, 5.74) is 3.29. The van der Waals surface area contributed by atoms with Crippen LogP contribution in [0.1, 0.15) is 12.6 Å². The number of ether oxygens (including phenoxy) is 1. The van der Waals surface area contributed by atoms with Gasteiger partial charge in [-0.25, -0.2) is 9.36 Å². The van der Waals surface area contributed by atoms with Gasteiger partial charge in [0.1, 0.15) is 11.4 Å². The van der Waals surface area contributed by atoms with E-state index < -0.39 is 0 Å². The van der Waals surface area contributed by atoms with E-state index in [4.69, 9.17) is 10.1 Å². The second-order valence-corrected chi connectivity index (χ2v) is 6.97. The second-order valence-electron chi connectivity index (χ2n) is 6.97. The van der Waals surface area contributed by atoms with Crippen LogP contribution in [0.5, 0.6) is 5.75 Å². The van der Waals surface area contributed by atoms with Gasteiger partial charge in [0.05, 0.1) is 18.5 Å². The first kappa shape index (κ1) is 20.8. The average Bonchev–Trinajstić information content (AvgIpc) is 3.38. The summed E-state index contributed by atoms with van der Waals surface area (Å²) < 4.78 is 8.91. The molecule has 0 spiro atoms. The Labute approximate surface area is 184 Å². The maximum Gasteiger partial charge on any atom is 0.209 e. The van der Waals surface area contributed by atoms with Gasteiger partial charge in [0.25, 0.3) is 0 Å². The lowest BCUT2D eigenvalue weighted by molar-refractivity contribution is 0.411. The van der Waals surface area contributed by atoms with Crippen molar-refractivity contribution >= 4 is 17.6 Å². The number of rotatable bonds is 7. The monoisotopic (exact) mass is 426 g/mol. The Morgan fingerprint density at radius 1 is 1.06 bits per heavy atom. The first-order valence-corrected chi connectivity index (χ1v) is 9.93. The summed E-state index contributed by atoms with van der Waals surface area (Å²) in [6, 6.07) is 18.4. The molecule has 2 heterocycles. The summed E-state index contributed by atoms with van der Waals surface area (Å²) in [4.78, 5) is 12.8. The number of nitrogens with zero attached hydrogens (tertiary/aromatic N) is 4. The Bertz CT molecular complexity index is 1320. The van der Waals surface area contributed by atoms with Crippen molar-refractivity contribution in [2.24, 2.45) is 0 Å². The molecule has 0 aliphatic carbocycles.